The highest BCUT2D eigenvalue weighted by Crippen LogP contribution is 2.17. The van der Waals surface area contributed by atoms with Gasteiger partial charge in [-0.1, -0.05) is 39.3 Å². The number of aromatic carboxylic acids is 1. The van der Waals surface area contributed by atoms with E-state index in [1.165, 1.54) is 12.1 Å². The minimum absolute atomic E-state index is 0.0164. The highest BCUT2D eigenvalue weighted by atomic mass is 16.5. The predicted molar refractivity (Wildman–Crippen MR) is 77.0 cm³/mol. The Bertz CT molecular complexity index is 465. The minimum Gasteiger partial charge on any atom is -0.478 e. The Morgan fingerprint density at radius 3 is 2.30 bits per heavy atom. The summed E-state index contributed by atoms with van der Waals surface area (Å²) in [5.41, 5.74) is 0.0992. The summed E-state index contributed by atoms with van der Waals surface area (Å²) in [5.74, 6) is -1.25. The van der Waals surface area contributed by atoms with Crippen LogP contribution in [0.5, 0.6) is 0 Å². The van der Waals surface area contributed by atoms with Gasteiger partial charge in [-0.25, -0.2) is 9.59 Å². The van der Waals surface area contributed by atoms with Crippen LogP contribution in [0.2, 0.25) is 0 Å². The first-order valence-corrected chi connectivity index (χ1v) is 6.99. The zero-order valence-electron chi connectivity index (χ0n) is 12.3. The highest BCUT2D eigenvalue weighted by molar-refractivity contribution is 6.02. The van der Waals surface area contributed by atoms with Gasteiger partial charge in [-0.2, -0.15) is 0 Å². The molecule has 0 bridgehead atoms. The van der Waals surface area contributed by atoms with Crippen LogP contribution < -0.4 is 0 Å². The van der Waals surface area contributed by atoms with Gasteiger partial charge in [0.25, 0.3) is 0 Å². The molecule has 1 aromatic carbocycles. The van der Waals surface area contributed by atoms with Crippen molar-refractivity contribution in [1.82, 2.24) is 0 Å². The second-order valence-corrected chi connectivity index (χ2v) is 5.30. The number of carboxylic acid groups (broad SMARTS) is 1. The molecule has 0 amide bonds. The number of hydrogen-bond acceptors (Lipinski definition) is 3. The number of ether oxygens (including phenoxy) is 1. The molecule has 0 aliphatic carbocycles. The molecule has 1 atom stereocenters. The van der Waals surface area contributed by atoms with Gasteiger partial charge in [-0.3, -0.25) is 0 Å². The largest absolute Gasteiger partial charge is 0.478 e. The lowest BCUT2D eigenvalue weighted by atomic mass is 10.0. The van der Waals surface area contributed by atoms with Gasteiger partial charge < -0.3 is 9.84 Å². The summed E-state index contributed by atoms with van der Waals surface area (Å²) in [6.45, 7) is 6.18. The van der Waals surface area contributed by atoms with Gasteiger partial charge in [-0.15, -0.1) is 0 Å². The molecule has 0 aromatic heterocycles. The van der Waals surface area contributed by atoms with E-state index < -0.39 is 11.9 Å². The molecule has 0 radical (unpaired) electrons. The predicted octanol–water partition coefficient (Wildman–Crippen LogP) is 3.76. The van der Waals surface area contributed by atoms with E-state index >= 15 is 0 Å². The SMILES string of the molecule is CCC[C@@H](CC(C)C)OC(=O)c1ccccc1C(=O)O. The lowest BCUT2D eigenvalue weighted by molar-refractivity contribution is 0.0225. The second kappa shape index (κ2) is 7.68. The molecule has 0 saturated carbocycles. The maximum atomic E-state index is 12.2. The van der Waals surface area contributed by atoms with Crippen molar-refractivity contribution in [2.75, 3.05) is 0 Å². The first-order valence-electron chi connectivity index (χ1n) is 6.99. The number of benzene rings is 1. The van der Waals surface area contributed by atoms with E-state index in [0.29, 0.717) is 5.92 Å². The Balaban J connectivity index is 2.86. The molecular weight excluding hydrogens is 256 g/mol. The molecule has 1 rings (SSSR count). The van der Waals surface area contributed by atoms with Gasteiger partial charge in [0.15, 0.2) is 0 Å². The van der Waals surface area contributed by atoms with E-state index in [9.17, 15) is 9.59 Å². The first-order chi connectivity index (χ1) is 9.45. The molecule has 0 heterocycles. The summed E-state index contributed by atoms with van der Waals surface area (Å²) >= 11 is 0. The molecule has 20 heavy (non-hydrogen) atoms. The van der Waals surface area contributed by atoms with E-state index in [1.54, 1.807) is 12.1 Å². The molecular formula is C16H22O4. The number of esters is 1. The van der Waals surface area contributed by atoms with E-state index in [1.807, 2.05) is 6.92 Å². The van der Waals surface area contributed by atoms with E-state index in [4.69, 9.17) is 9.84 Å². The Kier molecular flexibility index (Phi) is 6.22. The van der Waals surface area contributed by atoms with Crippen LogP contribution in [0.4, 0.5) is 0 Å². The molecule has 0 aliphatic heterocycles. The molecule has 4 heteroatoms. The molecule has 0 spiro atoms. The Morgan fingerprint density at radius 1 is 1.20 bits per heavy atom. The van der Waals surface area contributed by atoms with Crippen LogP contribution in [0, 0.1) is 5.92 Å². The molecule has 0 aliphatic rings. The third kappa shape index (κ3) is 4.68. The summed E-state index contributed by atoms with van der Waals surface area (Å²) in [7, 11) is 0. The van der Waals surface area contributed by atoms with Crippen molar-refractivity contribution < 1.29 is 19.4 Å². The van der Waals surface area contributed by atoms with Gasteiger partial charge in [0.1, 0.15) is 6.10 Å². The summed E-state index contributed by atoms with van der Waals surface area (Å²) in [4.78, 5) is 23.3. The van der Waals surface area contributed by atoms with Crippen molar-refractivity contribution >= 4 is 11.9 Å². The van der Waals surface area contributed by atoms with Crippen LogP contribution in [-0.4, -0.2) is 23.1 Å². The number of carbonyl (C=O) groups is 2. The first kappa shape index (κ1) is 16.2. The second-order valence-electron chi connectivity index (χ2n) is 5.30. The van der Waals surface area contributed by atoms with Crippen molar-refractivity contribution in [2.45, 2.75) is 46.1 Å². The topological polar surface area (TPSA) is 63.6 Å². The van der Waals surface area contributed by atoms with Gasteiger partial charge in [-0.05, 0) is 30.9 Å². The quantitative estimate of drug-likeness (QED) is 0.771. The standard InChI is InChI=1S/C16H22O4/c1-4-7-12(10-11(2)3)20-16(19)14-9-6-5-8-13(14)15(17)18/h5-6,8-9,11-12H,4,7,10H2,1-3H3,(H,17,18)/t12-/m0/s1. The lowest BCUT2D eigenvalue weighted by Crippen LogP contribution is -2.21. The van der Waals surface area contributed by atoms with E-state index in [2.05, 4.69) is 13.8 Å². The Hall–Kier alpha value is -1.84. The zero-order valence-corrected chi connectivity index (χ0v) is 12.3. The van der Waals surface area contributed by atoms with Crippen LogP contribution >= 0.6 is 0 Å². The van der Waals surface area contributed by atoms with Crippen molar-refractivity contribution in [1.29, 1.82) is 0 Å². The molecule has 0 fully saturated rings. The summed E-state index contributed by atoms with van der Waals surface area (Å²) in [6, 6.07) is 6.14. The third-order valence-corrected chi connectivity index (χ3v) is 3.00. The van der Waals surface area contributed by atoms with Crippen LogP contribution in [-0.2, 0) is 4.74 Å². The third-order valence-electron chi connectivity index (χ3n) is 3.00. The molecule has 4 nitrogen and oxygen atoms in total. The van der Waals surface area contributed by atoms with Gasteiger partial charge in [0, 0.05) is 0 Å². The monoisotopic (exact) mass is 278 g/mol. The van der Waals surface area contributed by atoms with Crippen molar-refractivity contribution in [3.8, 4) is 0 Å². The van der Waals surface area contributed by atoms with Crippen molar-refractivity contribution in [2.24, 2.45) is 5.92 Å². The van der Waals surface area contributed by atoms with Crippen LogP contribution in [0.15, 0.2) is 24.3 Å². The van der Waals surface area contributed by atoms with Gasteiger partial charge in [0.2, 0.25) is 0 Å². The van der Waals surface area contributed by atoms with Gasteiger partial charge >= 0.3 is 11.9 Å². The Morgan fingerprint density at radius 2 is 1.80 bits per heavy atom. The lowest BCUT2D eigenvalue weighted by Gasteiger charge is -2.19. The van der Waals surface area contributed by atoms with E-state index in [-0.39, 0.29) is 17.2 Å². The minimum atomic E-state index is -1.12. The van der Waals surface area contributed by atoms with Gasteiger partial charge in [0.05, 0.1) is 11.1 Å². The number of carbonyl (C=O) groups excluding carboxylic acids is 1. The molecule has 0 saturated heterocycles. The molecule has 110 valence electrons. The molecule has 1 N–H and O–H groups in total. The maximum Gasteiger partial charge on any atom is 0.339 e. The number of rotatable bonds is 7. The Labute approximate surface area is 119 Å². The van der Waals surface area contributed by atoms with Crippen LogP contribution in [0.1, 0.15) is 60.7 Å². The number of hydrogen-bond donors (Lipinski definition) is 1. The zero-order chi connectivity index (χ0) is 15.1. The van der Waals surface area contributed by atoms with Crippen LogP contribution in [0.3, 0.4) is 0 Å². The molecule has 1 aromatic rings. The smallest absolute Gasteiger partial charge is 0.339 e. The summed E-state index contributed by atoms with van der Waals surface area (Å²) in [6.07, 6.45) is 2.34. The fraction of sp³-hybridized carbons (Fsp3) is 0.500. The fourth-order valence-electron chi connectivity index (χ4n) is 2.14. The number of carboxylic acids is 1. The summed E-state index contributed by atoms with van der Waals surface area (Å²) in [5, 5.41) is 9.09. The maximum absolute atomic E-state index is 12.2. The highest BCUT2D eigenvalue weighted by Gasteiger charge is 2.21. The normalized spacial score (nSPS) is 12.2. The van der Waals surface area contributed by atoms with Crippen molar-refractivity contribution in [3.63, 3.8) is 0 Å². The van der Waals surface area contributed by atoms with Crippen LogP contribution in [0.25, 0.3) is 0 Å². The average molecular weight is 278 g/mol. The molecule has 0 unspecified atom stereocenters. The summed E-state index contributed by atoms with van der Waals surface area (Å²) < 4.78 is 5.48. The average Bonchev–Trinajstić information content (AvgIpc) is 2.38. The van der Waals surface area contributed by atoms with E-state index in [0.717, 1.165) is 19.3 Å². The fourth-order valence-corrected chi connectivity index (χ4v) is 2.14. The van der Waals surface area contributed by atoms with Crippen molar-refractivity contribution in [3.05, 3.63) is 35.4 Å².